The SMILES string of the molecule is CC1CCc2nc(CCN3CCCC3)[nH]c2C1. The Kier molecular flexibility index (Phi) is 3.19. The van der Waals surface area contributed by atoms with E-state index in [1.807, 2.05) is 0 Å². The number of nitrogens with zero attached hydrogens (tertiary/aromatic N) is 2. The molecule has 3 rings (SSSR count). The Labute approximate surface area is 104 Å². The van der Waals surface area contributed by atoms with Crippen LogP contribution in [0, 0.1) is 5.92 Å². The van der Waals surface area contributed by atoms with Gasteiger partial charge >= 0.3 is 0 Å². The van der Waals surface area contributed by atoms with Crippen LogP contribution >= 0.6 is 0 Å². The second-order valence-electron chi connectivity index (χ2n) is 5.76. The number of aromatic nitrogens is 2. The van der Waals surface area contributed by atoms with Gasteiger partial charge < -0.3 is 9.88 Å². The third-order valence-electron chi connectivity index (χ3n) is 4.20. The number of aromatic amines is 1. The molecule has 1 unspecified atom stereocenters. The highest BCUT2D eigenvalue weighted by molar-refractivity contribution is 5.18. The van der Waals surface area contributed by atoms with Crippen molar-refractivity contribution in [3.05, 3.63) is 17.2 Å². The summed E-state index contributed by atoms with van der Waals surface area (Å²) >= 11 is 0. The molecule has 0 bridgehead atoms. The highest BCUT2D eigenvalue weighted by atomic mass is 15.1. The van der Waals surface area contributed by atoms with Crippen molar-refractivity contribution in [3.63, 3.8) is 0 Å². The average Bonchev–Trinajstić information content (AvgIpc) is 2.94. The minimum Gasteiger partial charge on any atom is -0.346 e. The van der Waals surface area contributed by atoms with E-state index in [0.29, 0.717) is 0 Å². The first-order valence-corrected chi connectivity index (χ1v) is 7.10. The van der Waals surface area contributed by atoms with Gasteiger partial charge in [0.1, 0.15) is 5.82 Å². The number of nitrogens with one attached hydrogen (secondary N) is 1. The molecule has 3 nitrogen and oxygen atoms in total. The fourth-order valence-electron chi connectivity index (χ4n) is 3.10. The van der Waals surface area contributed by atoms with E-state index in [1.54, 1.807) is 0 Å². The van der Waals surface area contributed by atoms with Crippen LogP contribution < -0.4 is 0 Å². The molecule has 0 spiro atoms. The zero-order valence-corrected chi connectivity index (χ0v) is 10.8. The van der Waals surface area contributed by atoms with E-state index in [-0.39, 0.29) is 0 Å². The van der Waals surface area contributed by atoms with Crippen LogP contribution in [0.5, 0.6) is 0 Å². The Morgan fingerprint density at radius 2 is 2.18 bits per heavy atom. The van der Waals surface area contributed by atoms with Gasteiger partial charge in [0.05, 0.1) is 5.69 Å². The topological polar surface area (TPSA) is 31.9 Å². The van der Waals surface area contributed by atoms with Crippen molar-refractivity contribution in [2.75, 3.05) is 19.6 Å². The van der Waals surface area contributed by atoms with E-state index in [4.69, 9.17) is 4.98 Å². The maximum Gasteiger partial charge on any atom is 0.107 e. The smallest absolute Gasteiger partial charge is 0.107 e. The normalized spacial score (nSPS) is 25.1. The Bertz CT molecular complexity index is 377. The number of hydrogen-bond acceptors (Lipinski definition) is 2. The largest absolute Gasteiger partial charge is 0.346 e. The lowest BCUT2D eigenvalue weighted by molar-refractivity contribution is 0.341. The van der Waals surface area contributed by atoms with Crippen LogP contribution in [0.25, 0.3) is 0 Å². The predicted molar refractivity (Wildman–Crippen MR) is 69.2 cm³/mol. The quantitative estimate of drug-likeness (QED) is 0.867. The fourth-order valence-corrected chi connectivity index (χ4v) is 3.10. The van der Waals surface area contributed by atoms with Crippen molar-refractivity contribution in [1.29, 1.82) is 0 Å². The molecule has 3 heteroatoms. The predicted octanol–water partition coefficient (Wildman–Crippen LogP) is 2.17. The van der Waals surface area contributed by atoms with Crippen LogP contribution in [-0.2, 0) is 19.3 Å². The van der Waals surface area contributed by atoms with Crippen LogP contribution in [0.3, 0.4) is 0 Å². The highest BCUT2D eigenvalue weighted by Gasteiger charge is 2.19. The van der Waals surface area contributed by atoms with Gasteiger partial charge in [0.15, 0.2) is 0 Å². The summed E-state index contributed by atoms with van der Waals surface area (Å²) in [5.74, 6) is 2.05. The van der Waals surface area contributed by atoms with E-state index in [9.17, 15) is 0 Å². The van der Waals surface area contributed by atoms with Crippen LogP contribution in [0.15, 0.2) is 0 Å². The van der Waals surface area contributed by atoms with Crippen LogP contribution in [-0.4, -0.2) is 34.5 Å². The van der Waals surface area contributed by atoms with Crippen molar-refractivity contribution in [2.45, 2.75) is 45.4 Å². The monoisotopic (exact) mass is 233 g/mol. The first-order valence-electron chi connectivity index (χ1n) is 7.10. The fraction of sp³-hybridized carbons (Fsp3) is 0.786. The molecule has 2 aliphatic rings. The van der Waals surface area contributed by atoms with Crippen LogP contribution in [0.2, 0.25) is 0 Å². The van der Waals surface area contributed by atoms with E-state index in [0.717, 1.165) is 12.3 Å². The lowest BCUT2D eigenvalue weighted by Gasteiger charge is -2.15. The molecule has 0 aromatic carbocycles. The van der Waals surface area contributed by atoms with Crippen LogP contribution in [0.4, 0.5) is 0 Å². The minimum atomic E-state index is 0.828. The number of aryl methyl sites for hydroxylation is 1. The molecule has 0 radical (unpaired) electrons. The van der Waals surface area contributed by atoms with Gasteiger partial charge in [-0.2, -0.15) is 0 Å². The van der Waals surface area contributed by atoms with Gasteiger partial charge in [-0.05, 0) is 51.1 Å². The van der Waals surface area contributed by atoms with Gasteiger partial charge in [-0.15, -0.1) is 0 Å². The van der Waals surface area contributed by atoms with Crippen molar-refractivity contribution in [1.82, 2.24) is 14.9 Å². The molecular formula is C14H23N3. The molecule has 17 heavy (non-hydrogen) atoms. The van der Waals surface area contributed by atoms with Gasteiger partial charge in [-0.3, -0.25) is 0 Å². The summed E-state index contributed by atoms with van der Waals surface area (Å²) < 4.78 is 0. The molecule has 1 aromatic rings. The first-order chi connectivity index (χ1) is 8.31. The van der Waals surface area contributed by atoms with E-state index >= 15 is 0 Å². The van der Waals surface area contributed by atoms with Crippen molar-refractivity contribution in [2.24, 2.45) is 5.92 Å². The maximum atomic E-state index is 4.76. The van der Waals surface area contributed by atoms with Gasteiger partial charge in [0, 0.05) is 18.7 Å². The Hall–Kier alpha value is -0.830. The third kappa shape index (κ3) is 2.54. The van der Waals surface area contributed by atoms with Crippen molar-refractivity contribution < 1.29 is 0 Å². The maximum absolute atomic E-state index is 4.76. The number of likely N-dealkylation sites (tertiary alicyclic amines) is 1. The van der Waals surface area contributed by atoms with Gasteiger partial charge in [-0.25, -0.2) is 4.98 Å². The summed E-state index contributed by atoms with van der Waals surface area (Å²) in [5, 5.41) is 0. The molecule has 0 saturated carbocycles. The molecule has 0 amide bonds. The summed E-state index contributed by atoms with van der Waals surface area (Å²) in [6.07, 6.45) is 7.55. The Morgan fingerprint density at radius 1 is 1.35 bits per heavy atom. The zero-order chi connectivity index (χ0) is 11.7. The molecule has 1 aliphatic heterocycles. The van der Waals surface area contributed by atoms with Crippen LogP contribution in [0.1, 0.15) is 43.4 Å². The molecular weight excluding hydrogens is 210 g/mol. The summed E-state index contributed by atoms with van der Waals surface area (Å²) in [5.41, 5.74) is 2.76. The molecule has 1 atom stereocenters. The summed E-state index contributed by atoms with van der Waals surface area (Å²) in [6.45, 7) is 6.10. The third-order valence-corrected chi connectivity index (χ3v) is 4.20. The molecule has 2 heterocycles. The Balaban J connectivity index is 1.60. The van der Waals surface area contributed by atoms with E-state index in [1.165, 1.54) is 69.0 Å². The van der Waals surface area contributed by atoms with Gasteiger partial charge in [-0.1, -0.05) is 6.92 Å². The number of H-pyrrole nitrogens is 1. The first kappa shape index (κ1) is 11.3. The molecule has 94 valence electrons. The zero-order valence-electron chi connectivity index (χ0n) is 10.8. The molecule has 1 saturated heterocycles. The molecule has 1 fully saturated rings. The number of rotatable bonds is 3. The summed E-state index contributed by atoms with van der Waals surface area (Å²) in [7, 11) is 0. The number of fused-ring (bicyclic) bond motifs is 1. The highest BCUT2D eigenvalue weighted by Crippen LogP contribution is 2.23. The number of imidazole rings is 1. The average molecular weight is 233 g/mol. The van der Waals surface area contributed by atoms with Crippen molar-refractivity contribution in [3.8, 4) is 0 Å². The summed E-state index contributed by atoms with van der Waals surface area (Å²) in [4.78, 5) is 10.9. The molecule has 1 aromatic heterocycles. The molecule has 1 aliphatic carbocycles. The van der Waals surface area contributed by atoms with E-state index < -0.39 is 0 Å². The second kappa shape index (κ2) is 4.81. The standard InChI is InChI=1S/C14H23N3/c1-11-4-5-12-13(10-11)16-14(15-12)6-9-17-7-2-3-8-17/h11H,2-10H2,1H3,(H,15,16). The second-order valence-corrected chi connectivity index (χ2v) is 5.76. The van der Waals surface area contributed by atoms with Gasteiger partial charge in [0.25, 0.3) is 0 Å². The van der Waals surface area contributed by atoms with Gasteiger partial charge in [0.2, 0.25) is 0 Å². The Morgan fingerprint density at radius 3 is 3.00 bits per heavy atom. The minimum absolute atomic E-state index is 0.828. The lowest BCUT2D eigenvalue weighted by atomic mass is 9.92. The summed E-state index contributed by atoms with van der Waals surface area (Å²) in [6, 6.07) is 0. The lowest BCUT2D eigenvalue weighted by Crippen LogP contribution is -2.22. The number of hydrogen-bond donors (Lipinski definition) is 1. The molecule has 1 N–H and O–H groups in total. The van der Waals surface area contributed by atoms with Crippen molar-refractivity contribution >= 4 is 0 Å². The van der Waals surface area contributed by atoms with E-state index in [2.05, 4.69) is 16.8 Å².